The third-order valence-corrected chi connectivity index (χ3v) is 3.30. The molecule has 0 saturated carbocycles. The largest absolute Gasteiger partial charge is 0.302 e. The van der Waals surface area contributed by atoms with Crippen LogP contribution >= 0.6 is 0 Å². The molecule has 0 atom stereocenters. The maximum absolute atomic E-state index is 11.3. The zero-order valence-corrected chi connectivity index (χ0v) is 12.5. The van der Waals surface area contributed by atoms with Gasteiger partial charge in [0.2, 0.25) is 0 Å². The van der Waals surface area contributed by atoms with Gasteiger partial charge in [-0.2, -0.15) is 0 Å². The summed E-state index contributed by atoms with van der Waals surface area (Å²) in [6.45, 7) is 7.53. The summed E-state index contributed by atoms with van der Waals surface area (Å²) in [5.41, 5.74) is 0. The van der Waals surface area contributed by atoms with E-state index in [2.05, 4.69) is 4.90 Å². The minimum Gasteiger partial charge on any atom is -0.302 e. The van der Waals surface area contributed by atoms with E-state index in [0.29, 0.717) is 58.2 Å². The van der Waals surface area contributed by atoms with E-state index in [9.17, 15) is 14.4 Å². The molecule has 0 N–H and O–H groups in total. The number of carbonyl (C=O) groups is 3. The Bertz CT molecular complexity index is 252. The van der Waals surface area contributed by atoms with Crippen LogP contribution in [0.1, 0.15) is 59.3 Å². The Morgan fingerprint density at radius 2 is 0.895 bits per heavy atom. The van der Waals surface area contributed by atoms with Crippen LogP contribution in [0.3, 0.4) is 0 Å². The Hall–Kier alpha value is -1.03. The lowest BCUT2D eigenvalue weighted by atomic mass is 10.1. The molecule has 0 heterocycles. The van der Waals surface area contributed by atoms with Crippen molar-refractivity contribution in [2.24, 2.45) is 0 Å². The smallest absolute Gasteiger partial charge is 0.133 e. The second-order valence-corrected chi connectivity index (χ2v) is 4.77. The first kappa shape index (κ1) is 18.0. The van der Waals surface area contributed by atoms with Gasteiger partial charge in [-0.1, -0.05) is 20.8 Å². The number of hydrogen-bond donors (Lipinski definition) is 0. The molecular formula is C15H27NO3. The van der Waals surface area contributed by atoms with Gasteiger partial charge in [0, 0.05) is 58.2 Å². The van der Waals surface area contributed by atoms with Crippen molar-refractivity contribution in [2.45, 2.75) is 59.3 Å². The van der Waals surface area contributed by atoms with Crippen LogP contribution in [0.15, 0.2) is 0 Å². The molecule has 0 aromatic rings. The number of rotatable bonds is 12. The fourth-order valence-electron chi connectivity index (χ4n) is 1.71. The molecular weight excluding hydrogens is 242 g/mol. The molecule has 0 radical (unpaired) electrons. The molecule has 4 nitrogen and oxygen atoms in total. The lowest BCUT2D eigenvalue weighted by Gasteiger charge is -2.21. The first-order chi connectivity index (χ1) is 9.03. The molecule has 0 aliphatic heterocycles. The van der Waals surface area contributed by atoms with Crippen molar-refractivity contribution in [1.29, 1.82) is 0 Å². The van der Waals surface area contributed by atoms with E-state index in [-0.39, 0.29) is 17.3 Å². The number of nitrogens with zero attached hydrogens (tertiary/aromatic N) is 1. The van der Waals surface area contributed by atoms with E-state index in [1.54, 1.807) is 0 Å². The Morgan fingerprint density at radius 1 is 0.632 bits per heavy atom. The first-order valence-electron chi connectivity index (χ1n) is 7.30. The van der Waals surface area contributed by atoms with Crippen LogP contribution in [0.25, 0.3) is 0 Å². The van der Waals surface area contributed by atoms with Crippen molar-refractivity contribution >= 4 is 17.3 Å². The number of Topliss-reactive ketones (excluding diaryl/α,β-unsaturated/α-hetero) is 3. The zero-order chi connectivity index (χ0) is 14.7. The highest BCUT2D eigenvalue weighted by molar-refractivity contribution is 5.79. The molecule has 0 spiro atoms. The monoisotopic (exact) mass is 269 g/mol. The summed E-state index contributed by atoms with van der Waals surface area (Å²) in [5, 5.41) is 0. The second-order valence-electron chi connectivity index (χ2n) is 4.77. The number of ketones is 3. The van der Waals surface area contributed by atoms with E-state index >= 15 is 0 Å². The maximum Gasteiger partial charge on any atom is 0.133 e. The predicted octanol–water partition coefficient (Wildman–Crippen LogP) is 2.40. The predicted molar refractivity (Wildman–Crippen MR) is 76.2 cm³/mol. The highest BCUT2D eigenvalue weighted by atomic mass is 16.1. The Morgan fingerprint density at radius 3 is 1.11 bits per heavy atom. The van der Waals surface area contributed by atoms with Gasteiger partial charge in [-0.05, 0) is 0 Å². The fourth-order valence-corrected chi connectivity index (χ4v) is 1.71. The highest BCUT2D eigenvalue weighted by Gasteiger charge is 2.11. The van der Waals surface area contributed by atoms with E-state index in [0.717, 1.165) is 0 Å². The summed E-state index contributed by atoms with van der Waals surface area (Å²) in [6.07, 6.45) is 3.19. The summed E-state index contributed by atoms with van der Waals surface area (Å²) in [4.78, 5) is 36.1. The van der Waals surface area contributed by atoms with Gasteiger partial charge in [0.15, 0.2) is 0 Å². The standard InChI is InChI=1S/C15H27NO3/c1-4-13(17)7-10-16(11-8-14(18)5-2)12-9-15(19)6-3/h4-12H2,1-3H3. The molecule has 0 rings (SSSR count). The van der Waals surface area contributed by atoms with Crippen molar-refractivity contribution in [3.05, 3.63) is 0 Å². The van der Waals surface area contributed by atoms with Gasteiger partial charge in [-0.25, -0.2) is 0 Å². The van der Waals surface area contributed by atoms with Gasteiger partial charge in [-0.15, -0.1) is 0 Å². The van der Waals surface area contributed by atoms with E-state index in [1.807, 2.05) is 20.8 Å². The van der Waals surface area contributed by atoms with Crippen LogP contribution in [0.2, 0.25) is 0 Å². The second kappa shape index (κ2) is 10.9. The Balaban J connectivity index is 4.16. The summed E-state index contributed by atoms with van der Waals surface area (Å²) < 4.78 is 0. The summed E-state index contributed by atoms with van der Waals surface area (Å²) in [7, 11) is 0. The summed E-state index contributed by atoms with van der Waals surface area (Å²) >= 11 is 0. The topological polar surface area (TPSA) is 54.5 Å². The maximum atomic E-state index is 11.3. The van der Waals surface area contributed by atoms with Crippen molar-refractivity contribution in [2.75, 3.05) is 19.6 Å². The number of carbonyl (C=O) groups excluding carboxylic acids is 3. The molecule has 0 fully saturated rings. The molecule has 110 valence electrons. The van der Waals surface area contributed by atoms with Crippen LogP contribution in [0, 0.1) is 0 Å². The summed E-state index contributed by atoms with van der Waals surface area (Å²) in [6, 6.07) is 0. The van der Waals surface area contributed by atoms with Crippen LogP contribution < -0.4 is 0 Å². The van der Waals surface area contributed by atoms with Gasteiger partial charge in [0.25, 0.3) is 0 Å². The SMILES string of the molecule is CCC(=O)CCN(CCC(=O)CC)CCC(=O)CC. The van der Waals surface area contributed by atoms with Crippen LogP contribution in [-0.4, -0.2) is 41.9 Å². The fraction of sp³-hybridized carbons (Fsp3) is 0.800. The van der Waals surface area contributed by atoms with Gasteiger partial charge in [0.05, 0.1) is 0 Å². The highest BCUT2D eigenvalue weighted by Crippen LogP contribution is 2.02. The van der Waals surface area contributed by atoms with Gasteiger partial charge in [-0.3, -0.25) is 14.4 Å². The summed E-state index contributed by atoms with van der Waals surface area (Å²) in [5.74, 6) is 0.691. The third-order valence-electron chi connectivity index (χ3n) is 3.30. The Labute approximate surface area is 116 Å². The molecule has 0 aliphatic rings. The molecule has 0 amide bonds. The lowest BCUT2D eigenvalue weighted by Crippen LogP contribution is -2.31. The molecule has 0 bridgehead atoms. The average Bonchev–Trinajstić information content (AvgIpc) is 2.44. The minimum atomic E-state index is 0.230. The van der Waals surface area contributed by atoms with Crippen LogP contribution in [-0.2, 0) is 14.4 Å². The zero-order valence-electron chi connectivity index (χ0n) is 12.5. The van der Waals surface area contributed by atoms with Crippen molar-refractivity contribution in [3.63, 3.8) is 0 Å². The van der Waals surface area contributed by atoms with E-state index in [4.69, 9.17) is 0 Å². The van der Waals surface area contributed by atoms with Crippen LogP contribution in [0.5, 0.6) is 0 Å². The quantitative estimate of drug-likeness (QED) is 0.546. The molecule has 0 saturated heterocycles. The lowest BCUT2D eigenvalue weighted by molar-refractivity contribution is -0.119. The molecule has 4 heteroatoms. The first-order valence-corrected chi connectivity index (χ1v) is 7.30. The van der Waals surface area contributed by atoms with Gasteiger partial charge >= 0.3 is 0 Å². The average molecular weight is 269 g/mol. The van der Waals surface area contributed by atoms with E-state index in [1.165, 1.54) is 0 Å². The van der Waals surface area contributed by atoms with Gasteiger partial charge in [0.1, 0.15) is 17.3 Å². The molecule has 0 aromatic heterocycles. The van der Waals surface area contributed by atoms with E-state index < -0.39 is 0 Å². The molecule has 0 unspecified atom stereocenters. The van der Waals surface area contributed by atoms with Crippen molar-refractivity contribution < 1.29 is 14.4 Å². The minimum absolute atomic E-state index is 0.230. The molecule has 0 aliphatic carbocycles. The number of hydrogen-bond acceptors (Lipinski definition) is 4. The molecule has 0 aromatic carbocycles. The van der Waals surface area contributed by atoms with Crippen molar-refractivity contribution in [3.8, 4) is 0 Å². The normalized spacial score (nSPS) is 10.7. The third kappa shape index (κ3) is 9.54. The van der Waals surface area contributed by atoms with Crippen LogP contribution in [0.4, 0.5) is 0 Å². The molecule has 19 heavy (non-hydrogen) atoms. The van der Waals surface area contributed by atoms with Crippen molar-refractivity contribution in [1.82, 2.24) is 4.90 Å². The Kier molecular flexibility index (Phi) is 10.3. The van der Waals surface area contributed by atoms with Gasteiger partial charge < -0.3 is 4.90 Å².